The lowest BCUT2D eigenvalue weighted by molar-refractivity contribution is -0.120. The number of aryl methyl sites for hydroxylation is 2. The third-order valence-corrected chi connectivity index (χ3v) is 5.56. The van der Waals surface area contributed by atoms with Gasteiger partial charge in [-0.2, -0.15) is 0 Å². The van der Waals surface area contributed by atoms with E-state index >= 15 is 0 Å². The number of nitrogens with one attached hydrogen (secondary N) is 1. The van der Waals surface area contributed by atoms with Crippen molar-refractivity contribution in [3.05, 3.63) is 59.0 Å². The van der Waals surface area contributed by atoms with Gasteiger partial charge in [0, 0.05) is 36.8 Å². The lowest BCUT2D eigenvalue weighted by atomic mass is 10.0. The molecule has 1 N–H and O–H groups in total. The summed E-state index contributed by atoms with van der Waals surface area (Å²) in [4.78, 5) is 19.2. The SMILES string of the molecule is Cc1ccc2c(CC(=O)NCc3ccc(N4CCOC(C)C4)nc3)coc2c1C. The van der Waals surface area contributed by atoms with Gasteiger partial charge in [0.1, 0.15) is 11.4 Å². The molecule has 1 unspecified atom stereocenters. The average molecular weight is 393 g/mol. The number of hydrogen-bond donors (Lipinski definition) is 1. The first kappa shape index (κ1) is 19.5. The minimum absolute atomic E-state index is 0.0305. The molecule has 3 heterocycles. The van der Waals surface area contributed by atoms with Crippen LogP contribution in [0.1, 0.15) is 29.2 Å². The first-order valence-electron chi connectivity index (χ1n) is 10.1. The topological polar surface area (TPSA) is 67.6 Å². The predicted molar refractivity (Wildman–Crippen MR) is 113 cm³/mol. The summed E-state index contributed by atoms with van der Waals surface area (Å²) in [6.07, 6.45) is 4.04. The lowest BCUT2D eigenvalue weighted by Crippen LogP contribution is -2.41. The molecule has 1 aliphatic rings. The first-order chi connectivity index (χ1) is 14.0. The number of morpholine rings is 1. The Kier molecular flexibility index (Phi) is 5.53. The standard InChI is InChI=1S/C23H27N3O3/c1-15-4-6-20-19(14-29-23(20)17(15)3)10-22(27)25-12-18-5-7-21(24-11-18)26-8-9-28-16(2)13-26/h4-7,11,14,16H,8-10,12-13H2,1-3H3,(H,25,27). The Morgan fingerprint density at radius 1 is 1.28 bits per heavy atom. The van der Waals surface area contributed by atoms with Crippen molar-refractivity contribution >= 4 is 22.7 Å². The molecule has 1 aromatic carbocycles. The highest BCUT2D eigenvalue weighted by Gasteiger charge is 2.18. The Morgan fingerprint density at radius 2 is 2.14 bits per heavy atom. The zero-order valence-corrected chi connectivity index (χ0v) is 17.2. The highest BCUT2D eigenvalue weighted by molar-refractivity contribution is 5.89. The van der Waals surface area contributed by atoms with E-state index in [1.165, 1.54) is 5.56 Å². The molecule has 1 fully saturated rings. The minimum Gasteiger partial charge on any atom is -0.464 e. The largest absolute Gasteiger partial charge is 0.464 e. The van der Waals surface area contributed by atoms with Crippen LogP contribution in [0.2, 0.25) is 0 Å². The fraction of sp³-hybridized carbons (Fsp3) is 0.391. The second kappa shape index (κ2) is 8.25. The maximum Gasteiger partial charge on any atom is 0.224 e. The number of ether oxygens (including phenoxy) is 1. The monoisotopic (exact) mass is 393 g/mol. The van der Waals surface area contributed by atoms with E-state index in [0.29, 0.717) is 13.0 Å². The fourth-order valence-corrected chi connectivity index (χ4v) is 3.70. The van der Waals surface area contributed by atoms with E-state index in [1.807, 2.05) is 31.3 Å². The molecule has 2 aromatic heterocycles. The molecule has 1 aliphatic heterocycles. The van der Waals surface area contributed by atoms with Crippen molar-refractivity contribution in [3.8, 4) is 0 Å². The van der Waals surface area contributed by atoms with Crippen LogP contribution in [0.15, 0.2) is 41.1 Å². The number of rotatable bonds is 5. The van der Waals surface area contributed by atoms with Gasteiger partial charge in [0.15, 0.2) is 0 Å². The molecule has 29 heavy (non-hydrogen) atoms. The maximum atomic E-state index is 12.4. The molecule has 6 heteroatoms. The Labute approximate surface area is 170 Å². The number of carbonyl (C=O) groups excluding carboxylic acids is 1. The van der Waals surface area contributed by atoms with Crippen LogP contribution in [0.25, 0.3) is 11.0 Å². The number of hydrogen-bond acceptors (Lipinski definition) is 5. The molecular weight excluding hydrogens is 366 g/mol. The van der Waals surface area contributed by atoms with Crippen molar-refractivity contribution in [2.45, 2.75) is 39.8 Å². The van der Waals surface area contributed by atoms with Crippen LogP contribution in [-0.2, 0) is 22.5 Å². The number of aromatic nitrogens is 1. The summed E-state index contributed by atoms with van der Waals surface area (Å²) >= 11 is 0. The normalized spacial score (nSPS) is 16.9. The minimum atomic E-state index is -0.0305. The number of anilines is 1. The molecule has 4 rings (SSSR count). The van der Waals surface area contributed by atoms with Crippen LogP contribution in [-0.4, -0.2) is 36.7 Å². The molecule has 152 valence electrons. The number of amides is 1. The van der Waals surface area contributed by atoms with Gasteiger partial charge in [-0.05, 0) is 43.5 Å². The van der Waals surface area contributed by atoms with Gasteiger partial charge in [0.25, 0.3) is 0 Å². The Hall–Kier alpha value is -2.86. The van der Waals surface area contributed by atoms with Gasteiger partial charge < -0.3 is 19.4 Å². The van der Waals surface area contributed by atoms with Crippen molar-refractivity contribution in [3.63, 3.8) is 0 Å². The van der Waals surface area contributed by atoms with Crippen molar-refractivity contribution in [2.75, 3.05) is 24.6 Å². The van der Waals surface area contributed by atoms with E-state index in [0.717, 1.165) is 53.2 Å². The van der Waals surface area contributed by atoms with Crippen LogP contribution >= 0.6 is 0 Å². The van der Waals surface area contributed by atoms with E-state index in [9.17, 15) is 4.79 Å². The zero-order valence-electron chi connectivity index (χ0n) is 17.2. The second-order valence-corrected chi connectivity index (χ2v) is 7.75. The molecule has 1 amide bonds. The van der Waals surface area contributed by atoms with E-state index in [-0.39, 0.29) is 12.0 Å². The van der Waals surface area contributed by atoms with Gasteiger partial charge in [-0.3, -0.25) is 4.79 Å². The quantitative estimate of drug-likeness (QED) is 0.718. The van der Waals surface area contributed by atoms with Gasteiger partial charge >= 0.3 is 0 Å². The molecular formula is C23H27N3O3. The van der Waals surface area contributed by atoms with Gasteiger partial charge in [0.05, 0.1) is 25.4 Å². The fourth-order valence-electron chi connectivity index (χ4n) is 3.70. The number of furan rings is 1. The van der Waals surface area contributed by atoms with Crippen LogP contribution in [0.3, 0.4) is 0 Å². The predicted octanol–water partition coefficient (Wildman–Crippen LogP) is 3.53. The molecule has 0 radical (unpaired) electrons. The van der Waals surface area contributed by atoms with E-state index < -0.39 is 0 Å². The number of fused-ring (bicyclic) bond motifs is 1. The van der Waals surface area contributed by atoms with Gasteiger partial charge in [-0.25, -0.2) is 4.98 Å². The molecule has 1 saturated heterocycles. The molecule has 3 aromatic rings. The lowest BCUT2D eigenvalue weighted by Gasteiger charge is -2.32. The van der Waals surface area contributed by atoms with E-state index in [2.05, 4.69) is 35.1 Å². The zero-order chi connectivity index (χ0) is 20.4. The summed E-state index contributed by atoms with van der Waals surface area (Å²) in [5.74, 6) is 0.919. The summed E-state index contributed by atoms with van der Waals surface area (Å²) in [6, 6.07) is 8.12. The Morgan fingerprint density at radius 3 is 2.90 bits per heavy atom. The third-order valence-electron chi connectivity index (χ3n) is 5.56. The van der Waals surface area contributed by atoms with Gasteiger partial charge in [0.2, 0.25) is 5.91 Å². The molecule has 6 nitrogen and oxygen atoms in total. The third kappa shape index (κ3) is 4.27. The highest BCUT2D eigenvalue weighted by atomic mass is 16.5. The number of pyridine rings is 1. The van der Waals surface area contributed by atoms with E-state index in [4.69, 9.17) is 9.15 Å². The molecule has 0 aliphatic carbocycles. The molecule has 0 bridgehead atoms. The van der Waals surface area contributed by atoms with Gasteiger partial charge in [-0.15, -0.1) is 0 Å². The summed E-state index contributed by atoms with van der Waals surface area (Å²) in [7, 11) is 0. The van der Waals surface area contributed by atoms with Crippen molar-refractivity contribution < 1.29 is 13.9 Å². The number of benzene rings is 1. The number of nitrogens with zero attached hydrogens (tertiary/aromatic N) is 2. The van der Waals surface area contributed by atoms with Crippen molar-refractivity contribution in [2.24, 2.45) is 0 Å². The maximum absolute atomic E-state index is 12.4. The first-order valence-corrected chi connectivity index (χ1v) is 10.1. The van der Waals surface area contributed by atoms with Crippen molar-refractivity contribution in [1.82, 2.24) is 10.3 Å². The smallest absolute Gasteiger partial charge is 0.224 e. The summed E-state index contributed by atoms with van der Waals surface area (Å²) in [5, 5.41) is 3.99. The van der Waals surface area contributed by atoms with Crippen LogP contribution < -0.4 is 10.2 Å². The molecule has 0 spiro atoms. The second-order valence-electron chi connectivity index (χ2n) is 7.75. The Balaban J connectivity index is 1.34. The summed E-state index contributed by atoms with van der Waals surface area (Å²) < 4.78 is 11.3. The number of carbonyl (C=O) groups is 1. The van der Waals surface area contributed by atoms with Crippen LogP contribution in [0.5, 0.6) is 0 Å². The molecule has 0 saturated carbocycles. The molecule has 1 atom stereocenters. The average Bonchev–Trinajstić information content (AvgIpc) is 3.13. The van der Waals surface area contributed by atoms with Crippen LogP contribution in [0.4, 0.5) is 5.82 Å². The van der Waals surface area contributed by atoms with Gasteiger partial charge in [-0.1, -0.05) is 18.2 Å². The van der Waals surface area contributed by atoms with Crippen molar-refractivity contribution in [1.29, 1.82) is 0 Å². The Bertz CT molecular complexity index is 1010. The summed E-state index contributed by atoms with van der Waals surface area (Å²) in [5.41, 5.74) is 5.06. The van der Waals surface area contributed by atoms with E-state index in [1.54, 1.807) is 6.26 Å². The highest BCUT2D eigenvalue weighted by Crippen LogP contribution is 2.26. The summed E-state index contributed by atoms with van der Waals surface area (Å²) in [6.45, 7) is 9.05. The van der Waals surface area contributed by atoms with Crippen LogP contribution in [0, 0.1) is 13.8 Å².